The zero-order chi connectivity index (χ0) is 35.0. The Kier molecular flexibility index (Phi) is 10.3. The number of alkyl halides is 1. The van der Waals surface area contributed by atoms with Crippen LogP contribution in [-0.2, 0) is 22.8 Å². The van der Waals surface area contributed by atoms with Crippen LogP contribution < -0.4 is 31.8 Å². The van der Waals surface area contributed by atoms with Gasteiger partial charge in [-0.1, -0.05) is 0 Å². The molecular weight excluding hydrogens is 790 g/mol. The molecule has 2 fully saturated rings. The molecule has 1 aromatic heterocycles. The van der Waals surface area contributed by atoms with E-state index in [1.54, 1.807) is 56.3 Å². The molecule has 3 aliphatic rings. The number of nitrogens with zero attached hydrogens (tertiary/aromatic N) is 5. The number of nitrogens with one attached hydrogen (secondary N) is 1. The first-order valence-corrected chi connectivity index (χ1v) is 18.7. The number of fused-ring (bicyclic) bond motifs is 1. The quantitative estimate of drug-likeness (QED) is 0.135. The van der Waals surface area contributed by atoms with Gasteiger partial charge in [0, 0.05) is 0 Å². The Morgan fingerprint density at radius 2 is 1.94 bits per heavy atom. The molecule has 2 saturated heterocycles. The number of urea groups is 1. The molecule has 3 atom stereocenters. The monoisotopic (exact) mass is 823 g/mol. The molecule has 12 nitrogen and oxygen atoms in total. The van der Waals surface area contributed by atoms with Crippen molar-refractivity contribution in [3.05, 3.63) is 92.3 Å². The van der Waals surface area contributed by atoms with Gasteiger partial charge in [-0.3, -0.25) is 0 Å². The molecule has 6 rings (SSSR count). The topological polar surface area (TPSA) is 137 Å². The van der Waals surface area contributed by atoms with Crippen molar-refractivity contribution < 1.29 is 53.3 Å². The van der Waals surface area contributed by atoms with Gasteiger partial charge in [-0.2, -0.15) is 0 Å². The van der Waals surface area contributed by atoms with Gasteiger partial charge in [0.05, 0.1) is 0 Å². The standard InChI is InChI=1S/C33H34ClFIN6O6S/c1-33(2,31(44)45)18-5-8-20(9-6-18)42-17-24-27(36-48-4)40(12-13-41(24)32(42)46)16-23-25(30(43)47-3)26(21-10-7-19(35)15-22(21)34)39-28(38-23)29-37-11-14-49-29/h5-11,14-15,24,26-27H,12-13,16-17H2,1-4H3,(H,38,39)(H,44,45)/q-1/t24-,26+,27+/m1/s1. The zero-order valence-corrected chi connectivity index (χ0v) is 30.8. The Morgan fingerprint density at radius 3 is 2.57 bits per heavy atom. The van der Waals surface area contributed by atoms with Gasteiger partial charge < -0.3 is 0 Å². The first-order valence-electron chi connectivity index (χ1n) is 15.3. The number of esters is 1. The predicted molar refractivity (Wildman–Crippen MR) is 178 cm³/mol. The summed E-state index contributed by atoms with van der Waals surface area (Å²) < 4.78 is 25.0. The second-order valence-corrected chi connectivity index (χ2v) is 16.1. The van der Waals surface area contributed by atoms with Crippen molar-refractivity contribution in [3.8, 4) is 0 Å². The number of halogens is 3. The van der Waals surface area contributed by atoms with Crippen LogP contribution in [0.15, 0.2) is 70.3 Å². The molecule has 0 bridgehead atoms. The number of rotatable bonds is 10. The second kappa shape index (κ2) is 14.3. The molecule has 0 radical (unpaired) electrons. The van der Waals surface area contributed by atoms with Crippen molar-refractivity contribution in [2.75, 3.05) is 45.3 Å². The van der Waals surface area contributed by atoms with Crippen molar-refractivity contribution >= 4 is 52.4 Å². The number of aliphatic imine (C=N–C) groups is 1. The summed E-state index contributed by atoms with van der Waals surface area (Å²) in [4.78, 5) is 54.1. The molecule has 0 spiro atoms. The third-order valence-corrected chi connectivity index (χ3v) is 12.7. The molecule has 3 aliphatic heterocycles. The van der Waals surface area contributed by atoms with Crippen LogP contribution in [0.5, 0.6) is 0 Å². The van der Waals surface area contributed by atoms with E-state index in [1.807, 2.05) is 10.3 Å². The number of thiazole rings is 1. The molecule has 4 heterocycles. The van der Waals surface area contributed by atoms with Crippen LogP contribution in [0.3, 0.4) is 0 Å². The van der Waals surface area contributed by atoms with Crippen molar-refractivity contribution in [1.29, 1.82) is 0 Å². The summed E-state index contributed by atoms with van der Waals surface area (Å²) in [6.07, 6.45) is 1.66. The summed E-state index contributed by atoms with van der Waals surface area (Å²) in [7, 11) is 2.95. The number of benzene rings is 2. The summed E-state index contributed by atoms with van der Waals surface area (Å²) in [6.45, 7) is 4.90. The average molecular weight is 824 g/mol. The van der Waals surface area contributed by atoms with E-state index in [2.05, 4.69) is 15.2 Å². The van der Waals surface area contributed by atoms with Gasteiger partial charge in [-0.05, 0) is 0 Å². The molecule has 3 aromatic rings. The number of piperazine rings is 1. The summed E-state index contributed by atoms with van der Waals surface area (Å²) in [6, 6.07) is 9.82. The number of amides is 2. The van der Waals surface area contributed by atoms with Gasteiger partial charge in [-0.25, -0.2) is 0 Å². The number of carbonyl (C=O) groups is 3. The Hall–Kier alpha value is -3.64. The van der Waals surface area contributed by atoms with E-state index in [-0.39, 0.29) is 33.3 Å². The summed E-state index contributed by atoms with van der Waals surface area (Å²) in [5, 5.41) is 15.5. The van der Waals surface area contributed by atoms with E-state index in [0.717, 1.165) is 0 Å². The zero-order valence-electron chi connectivity index (χ0n) is 27.0. The fourth-order valence-corrected chi connectivity index (χ4v) is 9.33. The van der Waals surface area contributed by atoms with E-state index < -0.39 is 50.8 Å². The van der Waals surface area contributed by atoms with Crippen molar-refractivity contribution in [1.82, 2.24) is 20.1 Å². The number of carboxylic acids is 1. The molecule has 2 amide bonds. The number of hydrogen-bond acceptors (Lipinski definition) is 10. The van der Waals surface area contributed by atoms with Crippen LogP contribution in [0, 0.1) is 5.82 Å². The average Bonchev–Trinajstić information content (AvgIpc) is 3.74. The third-order valence-electron chi connectivity index (χ3n) is 8.94. The van der Waals surface area contributed by atoms with Crippen LogP contribution in [0.1, 0.15) is 36.0 Å². The number of carbonyl (C=O) groups excluding carboxylic acids is 2. The molecular formula is C33H34ClFIN6O6S-. The van der Waals surface area contributed by atoms with Crippen LogP contribution >= 0.6 is 22.9 Å². The molecule has 2 aromatic carbocycles. The van der Waals surface area contributed by atoms with E-state index in [4.69, 9.17) is 24.4 Å². The van der Waals surface area contributed by atoms with Gasteiger partial charge >= 0.3 is 304 Å². The van der Waals surface area contributed by atoms with Crippen molar-refractivity contribution in [3.63, 3.8) is 0 Å². The van der Waals surface area contributed by atoms with Crippen LogP contribution in [-0.4, -0.2) is 94.2 Å². The maximum atomic E-state index is 14.1. The fraction of sp³-hybridized carbons (Fsp3) is 0.364. The van der Waals surface area contributed by atoms with E-state index in [9.17, 15) is 23.9 Å². The summed E-state index contributed by atoms with van der Waals surface area (Å²) >= 11 is 6.99. The van der Waals surface area contributed by atoms with Crippen LogP contribution in [0.2, 0.25) is 5.02 Å². The first-order chi connectivity index (χ1) is 23.4. The van der Waals surface area contributed by atoms with E-state index in [0.29, 0.717) is 53.0 Å². The molecule has 0 aliphatic carbocycles. The predicted octanol–water partition coefficient (Wildman–Crippen LogP) is 1.42. The Morgan fingerprint density at radius 1 is 1.18 bits per heavy atom. The molecule has 16 heteroatoms. The van der Waals surface area contributed by atoms with Gasteiger partial charge in [0.1, 0.15) is 0 Å². The number of amidine groups is 1. The van der Waals surface area contributed by atoms with Gasteiger partial charge in [-0.15, -0.1) is 0 Å². The number of aromatic nitrogens is 1. The number of aliphatic carboxylic acids is 1. The maximum absolute atomic E-state index is 14.1. The third kappa shape index (κ3) is 6.78. The number of carboxylic acid groups (broad SMARTS) is 1. The van der Waals surface area contributed by atoms with E-state index >= 15 is 0 Å². The normalized spacial score (nSPS) is 21.5. The number of methoxy groups -OCH3 is 1. The van der Waals surface area contributed by atoms with Crippen LogP contribution in [0.4, 0.5) is 14.9 Å². The molecule has 49 heavy (non-hydrogen) atoms. The van der Waals surface area contributed by atoms with E-state index in [1.165, 1.54) is 36.6 Å². The first kappa shape index (κ1) is 35.2. The molecule has 0 unspecified atom stereocenters. The number of anilines is 1. The number of hydrogen-bond donors (Lipinski definition) is 2. The fourth-order valence-electron chi connectivity index (χ4n) is 6.20. The SMILES string of the molecule is CO[I-][C@@H]1[C@H]2CN(c3ccc(C(C)(C)C(=O)O)cc3)C(=O)N2CCN1CC1=C(C(=O)OC)[C@H](c2ccc(F)cc2Cl)N=C(c2nccs2)N1. The Balaban J connectivity index is 1.33. The Bertz CT molecular complexity index is 1820. The number of ether oxygens (including phenoxy) is 1. The molecule has 260 valence electrons. The Labute approximate surface area is 302 Å². The second-order valence-electron chi connectivity index (χ2n) is 12.1. The molecule has 2 N–H and O–H groups in total. The van der Waals surface area contributed by atoms with Gasteiger partial charge in [0.25, 0.3) is 0 Å². The molecule has 0 saturated carbocycles. The summed E-state index contributed by atoms with van der Waals surface area (Å²) in [5.41, 5.74) is 1.46. The summed E-state index contributed by atoms with van der Waals surface area (Å²) in [5.74, 6) is -1.62. The van der Waals surface area contributed by atoms with Gasteiger partial charge in [0.2, 0.25) is 0 Å². The van der Waals surface area contributed by atoms with Crippen molar-refractivity contribution in [2.24, 2.45) is 4.99 Å². The minimum absolute atomic E-state index is 0.121. The minimum atomic E-state index is -1.07. The van der Waals surface area contributed by atoms with Crippen LogP contribution in [0.25, 0.3) is 0 Å². The van der Waals surface area contributed by atoms with Crippen molar-refractivity contribution in [2.45, 2.75) is 35.4 Å². The van der Waals surface area contributed by atoms with Gasteiger partial charge in [0.15, 0.2) is 0 Å².